The maximum atomic E-state index is 9.22. The topological polar surface area (TPSA) is 35.5 Å². The van der Waals surface area contributed by atoms with Gasteiger partial charge in [0.25, 0.3) is 0 Å². The minimum absolute atomic E-state index is 0.330. The van der Waals surface area contributed by atoms with Gasteiger partial charge in [0.05, 0.1) is 0 Å². The third-order valence-corrected chi connectivity index (χ3v) is 2.50. The molecule has 1 unspecified atom stereocenters. The van der Waals surface area contributed by atoms with Crippen LogP contribution in [0.15, 0.2) is 24.3 Å². The lowest BCUT2D eigenvalue weighted by Gasteiger charge is -2.21. The Morgan fingerprint density at radius 1 is 1.25 bits per heavy atom. The lowest BCUT2D eigenvalue weighted by molar-refractivity contribution is 0.339. The highest BCUT2D eigenvalue weighted by molar-refractivity contribution is 5.26. The highest BCUT2D eigenvalue weighted by Gasteiger charge is 2.09. The number of hydrogen-bond donors (Lipinski definition) is 2. The highest BCUT2D eigenvalue weighted by atomic mass is 16.3. The summed E-state index contributed by atoms with van der Waals surface area (Å²) in [5.41, 5.74) is 1.26. The Morgan fingerprint density at radius 3 is 2.38 bits per heavy atom. The molecule has 0 spiro atoms. The van der Waals surface area contributed by atoms with Crippen LogP contribution in [0.4, 0.5) is 0 Å². The second-order valence-electron chi connectivity index (χ2n) is 4.39. The summed E-state index contributed by atoms with van der Waals surface area (Å²) >= 11 is 0. The van der Waals surface area contributed by atoms with E-state index in [9.17, 15) is 5.11 Å². The summed E-state index contributed by atoms with van der Waals surface area (Å²) in [6.07, 6.45) is 0.992. The Hall–Kier alpha value is -1.06. The molecule has 0 saturated carbocycles. The zero-order valence-electron chi connectivity index (χ0n) is 10.4. The molecule has 0 aliphatic carbocycles. The molecule has 0 aromatic heterocycles. The summed E-state index contributed by atoms with van der Waals surface area (Å²) in [5, 5.41) is 12.7. The van der Waals surface area contributed by atoms with Gasteiger partial charge in [0.15, 0.2) is 0 Å². The molecule has 0 aliphatic heterocycles. The van der Waals surface area contributed by atoms with Gasteiger partial charge in [0, 0.05) is 12.6 Å². The molecule has 0 aliphatic rings. The number of phenols is 1. The van der Waals surface area contributed by atoms with Crippen LogP contribution in [0.5, 0.6) is 5.75 Å². The van der Waals surface area contributed by atoms with Crippen molar-refractivity contribution in [3.8, 4) is 5.75 Å². The predicted molar refractivity (Wildman–Crippen MR) is 67.8 cm³/mol. The normalized spacial score (nSPS) is 13.0. The number of nitrogens with one attached hydrogen (secondary N) is 1. The van der Waals surface area contributed by atoms with E-state index in [-0.39, 0.29) is 0 Å². The molecule has 0 saturated heterocycles. The molecule has 1 aromatic carbocycles. The van der Waals surface area contributed by atoms with Crippen LogP contribution in [0, 0.1) is 0 Å². The Kier molecular flexibility index (Phi) is 5.29. The van der Waals surface area contributed by atoms with Crippen molar-refractivity contribution in [2.75, 3.05) is 27.2 Å². The van der Waals surface area contributed by atoms with Gasteiger partial charge < -0.3 is 15.3 Å². The van der Waals surface area contributed by atoms with Gasteiger partial charge in [-0.15, -0.1) is 0 Å². The lowest BCUT2D eigenvalue weighted by atomic mass is 10.1. The van der Waals surface area contributed by atoms with Crippen LogP contribution in [-0.2, 0) is 6.42 Å². The molecule has 3 nitrogen and oxygen atoms in total. The van der Waals surface area contributed by atoms with E-state index in [0.29, 0.717) is 11.8 Å². The van der Waals surface area contributed by atoms with Crippen molar-refractivity contribution in [2.45, 2.75) is 19.4 Å². The van der Waals surface area contributed by atoms with Crippen LogP contribution in [0.3, 0.4) is 0 Å². The number of likely N-dealkylation sites (N-methyl/N-ethyl adjacent to an activating group) is 2. The number of hydrogen-bond acceptors (Lipinski definition) is 3. The number of nitrogens with zero attached hydrogens (tertiary/aromatic N) is 1. The monoisotopic (exact) mass is 222 g/mol. The number of aromatic hydroxyl groups is 1. The maximum absolute atomic E-state index is 9.22. The number of phenolic OH excluding ortho intramolecular Hbond substituents is 1. The summed E-state index contributed by atoms with van der Waals surface area (Å²) in [4.78, 5) is 2.19. The average molecular weight is 222 g/mol. The van der Waals surface area contributed by atoms with Gasteiger partial charge in [0.1, 0.15) is 5.75 Å². The standard InChI is InChI=1S/C13H22N2O/c1-4-14-12(10-15(2)3)9-11-5-7-13(16)8-6-11/h5-8,12,14,16H,4,9-10H2,1-3H3. The fourth-order valence-electron chi connectivity index (χ4n) is 1.85. The Labute approximate surface area is 98.1 Å². The van der Waals surface area contributed by atoms with Crippen LogP contribution in [0.2, 0.25) is 0 Å². The summed E-state index contributed by atoms with van der Waals surface area (Å²) in [7, 11) is 4.17. The van der Waals surface area contributed by atoms with E-state index in [0.717, 1.165) is 19.5 Å². The Bertz CT molecular complexity index is 295. The molecule has 0 radical (unpaired) electrons. The molecule has 0 fully saturated rings. The van der Waals surface area contributed by atoms with Crippen molar-refractivity contribution in [1.29, 1.82) is 0 Å². The van der Waals surface area contributed by atoms with Crippen molar-refractivity contribution in [3.63, 3.8) is 0 Å². The van der Waals surface area contributed by atoms with Crippen LogP contribution >= 0.6 is 0 Å². The fourth-order valence-corrected chi connectivity index (χ4v) is 1.85. The molecule has 0 heterocycles. The van der Waals surface area contributed by atoms with E-state index in [4.69, 9.17) is 0 Å². The molecular weight excluding hydrogens is 200 g/mol. The average Bonchev–Trinajstić information content (AvgIpc) is 2.21. The van der Waals surface area contributed by atoms with Gasteiger partial charge in [-0.2, -0.15) is 0 Å². The van der Waals surface area contributed by atoms with Gasteiger partial charge >= 0.3 is 0 Å². The highest BCUT2D eigenvalue weighted by Crippen LogP contribution is 2.11. The SMILES string of the molecule is CCNC(Cc1ccc(O)cc1)CN(C)C. The smallest absolute Gasteiger partial charge is 0.115 e. The Balaban J connectivity index is 2.56. The summed E-state index contributed by atoms with van der Waals surface area (Å²) in [6.45, 7) is 4.13. The molecule has 1 aromatic rings. The second kappa shape index (κ2) is 6.51. The van der Waals surface area contributed by atoms with Crippen LogP contribution in [0.25, 0.3) is 0 Å². The molecule has 0 bridgehead atoms. The third-order valence-electron chi connectivity index (χ3n) is 2.50. The molecule has 90 valence electrons. The van der Waals surface area contributed by atoms with Crippen molar-refractivity contribution in [2.24, 2.45) is 0 Å². The van der Waals surface area contributed by atoms with Crippen molar-refractivity contribution in [1.82, 2.24) is 10.2 Å². The summed E-state index contributed by atoms with van der Waals surface area (Å²) < 4.78 is 0. The van der Waals surface area contributed by atoms with E-state index in [1.807, 2.05) is 12.1 Å². The van der Waals surface area contributed by atoms with E-state index < -0.39 is 0 Å². The minimum Gasteiger partial charge on any atom is -0.508 e. The first-order valence-corrected chi connectivity index (χ1v) is 5.78. The van der Waals surface area contributed by atoms with Crippen molar-refractivity contribution >= 4 is 0 Å². The van der Waals surface area contributed by atoms with Crippen LogP contribution in [0.1, 0.15) is 12.5 Å². The molecule has 1 atom stereocenters. The second-order valence-corrected chi connectivity index (χ2v) is 4.39. The van der Waals surface area contributed by atoms with Gasteiger partial charge in [-0.25, -0.2) is 0 Å². The van der Waals surface area contributed by atoms with Crippen molar-refractivity contribution in [3.05, 3.63) is 29.8 Å². The Morgan fingerprint density at radius 2 is 1.88 bits per heavy atom. The van der Waals surface area contributed by atoms with E-state index >= 15 is 0 Å². The fraction of sp³-hybridized carbons (Fsp3) is 0.538. The summed E-state index contributed by atoms with van der Waals surface area (Å²) in [5.74, 6) is 0.330. The third kappa shape index (κ3) is 4.64. The first-order valence-electron chi connectivity index (χ1n) is 5.78. The molecule has 16 heavy (non-hydrogen) atoms. The molecule has 0 amide bonds. The largest absolute Gasteiger partial charge is 0.508 e. The quantitative estimate of drug-likeness (QED) is 0.765. The van der Waals surface area contributed by atoms with Gasteiger partial charge in [-0.1, -0.05) is 19.1 Å². The molecule has 3 heteroatoms. The first-order chi connectivity index (χ1) is 7.61. The zero-order valence-corrected chi connectivity index (χ0v) is 10.4. The first kappa shape index (κ1) is 13.0. The van der Waals surface area contributed by atoms with E-state index in [1.165, 1.54) is 5.56 Å². The zero-order chi connectivity index (χ0) is 12.0. The van der Waals surface area contributed by atoms with E-state index in [2.05, 4.69) is 31.2 Å². The van der Waals surface area contributed by atoms with Crippen molar-refractivity contribution < 1.29 is 5.11 Å². The van der Waals surface area contributed by atoms with Gasteiger partial charge in [0.2, 0.25) is 0 Å². The number of rotatable bonds is 6. The summed E-state index contributed by atoms with van der Waals surface area (Å²) in [6, 6.07) is 7.91. The number of benzene rings is 1. The van der Waals surface area contributed by atoms with Gasteiger partial charge in [-0.3, -0.25) is 0 Å². The predicted octanol–water partition coefficient (Wildman–Crippen LogP) is 1.47. The van der Waals surface area contributed by atoms with Gasteiger partial charge in [-0.05, 0) is 44.8 Å². The lowest BCUT2D eigenvalue weighted by Crippen LogP contribution is -2.39. The van der Waals surface area contributed by atoms with Crippen LogP contribution in [-0.4, -0.2) is 43.2 Å². The van der Waals surface area contributed by atoms with E-state index in [1.54, 1.807) is 12.1 Å². The minimum atomic E-state index is 0.330. The molecule has 2 N–H and O–H groups in total. The maximum Gasteiger partial charge on any atom is 0.115 e. The van der Waals surface area contributed by atoms with Crippen LogP contribution < -0.4 is 5.32 Å². The molecular formula is C13H22N2O. The molecule has 1 rings (SSSR count).